The molecular formula is C33H49N5O3Si. The molecule has 228 valence electrons. The van der Waals surface area contributed by atoms with Crippen molar-refractivity contribution in [3.8, 4) is 11.1 Å². The second-order valence-electron chi connectivity index (χ2n) is 13.4. The van der Waals surface area contributed by atoms with E-state index >= 15 is 0 Å². The first-order valence-corrected chi connectivity index (χ1v) is 17.5. The summed E-state index contributed by atoms with van der Waals surface area (Å²) in [4.78, 5) is 25.1. The molecular weight excluding hydrogens is 542 g/mol. The average Bonchev–Trinajstić information content (AvgIpc) is 2.91. The van der Waals surface area contributed by atoms with Gasteiger partial charge in [0.15, 0.2) is 8.32 Å². The van der Waals surface area contributed by atoms with Crippen molar-refractivity contribution in [1.29, 1.82) is 0 Å². The van der Waals surface area contributed by atoms with Gasteiger partial charge in [0, 0.05) is 50.8 Å². The molecule has 1 aromatic carbocycles. The maximum Gasteiger partial charge on any atom is 0.410 e. The third kappa shape index (κ3) is 9.84. The van der Waals surface area contributed by atoms with Crippen LogP contribution >= 0.6 is 0 Å². The van der Waals surface area contributed by atoms with Gasteiger partial charge in [-0.15, -0.1) is 0 Å². The monoisotopic (exact) mass is 591 g/mol. The van der Waals surface area contributed by atoms with Gasteiger partial charge in [-0.1, -0.05) is 32.9 Å². The van der Waals surface area contributed by atoms with Crippen molar-refractivity contribution in [2.24, 2.45) is 0 Å². The van der Waals surface area contributed by atoms with Crippen LogP contribution in [-0.2, 0) is 15.8 Å². The molecule has 9 heteroatoms. The van der Waals surface area contributed by atoms with Gasteiger partial charge in [-0.05, 0) is 92.8 Å². The molecule has 0 saturated carbocycles. The third-order valence-corrected chi connectivity index (χ3v) is 12.0. The van der Waals surface area contributed by atoms with Crippen LogP contribution < -0.4 is 10.2 Å². The summed E-state index contributed by atoms with van der Waals surface area (Å²) in [6.07, 6.45) is 4.20. The molecule has 3 rings (SSSR count). The SMILES string of the molecule is CN(CCCN(C)c1ccc(-c2ccnc(Nc3cccc(CO[Si](C)(C)C(C)(C)C)c3)c2)cn1)C(=O)OC(C)(C)C. The quantitative estimate of drug-likeness (QED) is 0.226. The van der Waals surface area contributed by atoms with Crippen molar-refractivity contribution in [1.82, 2.24) is 14.9 Å². The van der Waals surface area contributed by atoms with Crippen LogP contribution in [0, 0.1) is 0 Å². The molecule has 2 heterocycles. The van der Waals surface area contributed by atoms with Crippen molar-refractivity contribution < 1.29 is 14.0 Å². The fraction of sp³-hybridized carbons (Fsp3) is 0.485. The second kappa shape index (κ2) is 13.7. The number of carbonyl (C=O) groups is 1. The van der Waals surface area contributed by atoms with E-state index in [1.54, 1.807) is 11.9 Å². The molecule has 0 aliphatic heterocycles. The Morgan fingerprint density at radius 2 is 1.67 bits per heavy atom. The predicted molar refractivity (Wildman–Crippen MR) is 176 cm³/mol. The van der Waals surface area contributed by atoms with Crippen LogP contribution in [0.15, 0.2) is 60.9 Å². The summed E-state index contributed by atoms with van der Waals surface area (Å²) in [5.74, 6) is 1.65. The lowest BCUT2D eigenvalue weighted by Crippen LogP contribution is -2.40. The van der Waals surface area contributed by atoms with Gasteiger partial charge in [0.1, 0.15) is 17.2 Å². The van der Waals surface area contributed by atoms with Gasteiger partial charge < -0.3 is 24.3 Å². The molecule has 3 aromatic rings. The number of hydrogen-bond acceptors (Lipinski definition) is 7. The van der Waals surface area contributed by atoms with E-state index in [1.165, 1.54) is 0 Å². The summed E-state index contributed by atoms with van der Waals surface area (Å²) in [6, 6.07) is 16.4. The van der Waals surface area contributed by atoms with Gasteiger partial charge in [-0.25, -0.2) is 14.8 Å². The van der Waals surface area contributed by atoms with Crippen molar-refractivity contribution in [2.75, 3.05) is 37.4 Å². The maximum absolute atomic E-state index is 12.2. The number of ether oxygens (including phenoxy) is 1. The van der Waals surface area contributed by atoms with Crippen LogP contribution in [0.1, 0.15) is 53.5 Å². The lowest BCUT2D eigenvalue weighted by molar-refractivity contribution is 0.0298. The zero-order valence-corrected chi connectivity index (χ0v) is 28.1. The summed E-state index contributed by atoms with van der Waals surface area (Å²) in [5, 5.41) is 3.62. The summed E-state index contributed by atoms with van der Waals surface area (Å²) < 4.78 is 11.8. The lowest BCUT2D eigenvalue weighted by atomic mass is 10.1. The highest BCUT2D eigenvalue weighted by Gasteiger charge is 2.37. The number of nitrogens with one attached hydrogen (secondary N) is 1. The first-order valence-electron chi connectivity index (χ1n) is 14.6. The summed E-state index contributed by atoms with van der Waals surface area (Å²) >= 11 is 0. The smallest absolute Gasteiger partial charge is 0.410 e. The molecule has 0 aliphatic rings. The minimum Gasteiger partial charge on any atom is -0.444 e. The molecule has 8 nitrogen and oxygen atoms in total. The first-order chi connectivity index (χ1) is 19.5. The van der Waals surface area contributed by atoms with Crippen molar-refractivity contribution in [3.63, 3.8) is 0 Å². The van der Waals surface area contributed by atoms with E-state index in [1.807, 2.05) is 70.5 Å². The van der Waals surface area contributed by atoms with E-state index in [0.717, 1.165) is 47.0 Å². The normalized spacial score (nSPS) is 12.1. The molecule has 0 bridgehead atoms. The van der Waals surface area contributed by atoms with Crippen molar-refractivity contribution in [3.05, 3.63) is 66.5 Å². The number of hydrogen-bond donors (Lipinski definition) is 1. The van der Waals surface area contributed by atoms with Crippen LogP contribution in [0.4, 0.5) is 22.1 Å². The Balaban J connectivity index is 1.57. The Bertz CT molecular complexity index is 1320. The topological polar surface area (TPSA) is 79.8 Å². The van der Waals surface area contributed by atoms with Gasteiger partial charge in [-0.3, -0.25) is 0 Å². The Morgan fingerprint density at radius 3 is 2.31 bits per heavy atom. The van der Waals surface area contributed by atoms with E-state index in [4.69, 9.17) is 9.16 Å². The molecule has 0 radical (unpaired) electrons. The number of pyridine rings is 2. The van der Waals surface area contributed by atoms with E-state index < -0.39 is 13.9 Å². The fourth-order valence-corrected chi connectivity index (χ4v) is 4.88. The first kappa shape index (κ1) is 33.1. The zero-order valence-electron chi connectivity index (χ0n) is 27.1. The second-order valence-corrected chi connectivity index (χ2v) is 18.2. The molecule has 0 aliphatic carbocycles. The molecule has 0 atom stereocenters. The number of rotatable bonds is 11. The van der Waals surface area contributed by atoms with E-state index in [-0.39, 0.29) is 11.1 Å². The van der Waals surface area contributed by atoms with Crippen LogP contribution in [0.2, 0.25) is 18.1 Å². The zero-order chi connectivity index (χ0) is 31.1. The van der Waals surface area contributed by atoms with Crippen molar-refractivity contribution >= 4 is 31.7 Å². The molecule has 1 amide bonds. The highest BCUT2D eigenvalue weighted by atomic mass is 28.4. The summed E-state index contributed by atoms with van der Waals surface area (Å²) in [6.45, 7) is 18.9. The van der Waals surface area contributed by atoms with Crippen LogP contribution in [0.3, 0.4) is 0 Å². The molecule has 1 N–H and O–H groups in total. The minimum absolute atomic E-state index is 0.177. The highest BCUT2D eigenvalue weighted by molar-refractivity contribution is 6.74. The fourth-order valence-electron chi connectivity index (χ4n) is 3.92. The Morgan fingerprint density at radius 1 is 0.929 bits per heavy atom. The Labute approximate surface area is 253 Å². The largest absolute Gasteiger partial charge is 0.444 e. The van der Waals surface area contributed by atoms with Gasteiger partial charge in [-0.2, -0.15) is 0 Å². The molecule has 0 saturated heterocycles. The molecule has 0 unspecified atom stereocenters. The maximum atomic E-state index is 12.2. The Kier molecular flexibility index (Phi) is 10.8. The van der Waals surface area contributed by atoms with E-state index in [0.29, 0.717) is 13.2 Å². The number of nitrogens with zero attached hydrogens (tertiary/aromatic N) is 4. The average molecular weight is 592 g/mol. The molecule has 42 heavy (non-hydrogen) atoms. The summed E-state index contributed by atoms with van der Waals surface area (Å²) in [7, 11) is 1.95. The predicted octanol–water partition coefficient (Wildman–Crippen LogP) is 8.10. The third-order valence-electron chi connectivity index (χ3n) is 7.53. The van der Waals surface area contributed by atoms with Crippen molar-refractivity contribution in [2.45, 2.75) is 78.3 Å². The highest BCUT2D eigenvalue weighted by Crippen LogP contribution is 2.37. The molecule has 0 fully saturated rings. The van der Waals surface area contributed by atoms with Gasteiger partial charge in [0.05, 0.1) is 6.61 Å². The lowest BCUT2D eigenvalue weighted by Gasteiger charge is -2.36. The number of benzene rings is 1. The van der Waals surface area contributed by atoms with Gasteiger partial charge in [0.25, 0.3) is 0 Å². The number of aromatic nitrogens is 2. The van der Waals surface area contributed by atoms with E-state index in [2.05, 4.69) is 72.2 Å². The van der Waals surface area contributed by atoms with Crippen LogP contribution in [0.5, 0.6) is 0 Å². The van der Waals surface area contributed by atoms with Crippen LogP contribution in [0.25, 0.3) is 11.1 Å². The Hall–Kier alpha value is -3.43. The van der Waals surface area contributed by atoms with Gasteiger partial charge in [0.2, 0.25) is 0 Å². The molecule has 2 aromatic heterocycles. The number of anilines is 3. The molecule has 0 spiro atoms. The summed E-state index contributed by atoms with van der Waals surface area (Å²) in [5.41, 5.74) is 3.67. The minimum atomic E-state index is -1.82. The van der Waals surface area contributed by atoms with Gasteiger partial charge >= 0.3 is 6.09 Å². The van der Waals surface area contributed by atoms with Crippen LogP contribution in [-0.4, -0.2) is 62.1 Å². The van der Waals surface area contributed by atoms with E-state index in [9.17, 15) is 4.79 Å². The standard InChI is InChI=1S/C33H49N5O3Si/c1-32(2,3)41-31(39)38(8)20-12-19-37(7)30-16-15-27(23-35-30)26-17-18-34-29(22-26)36-28-14-11-13-25(21-28)24-40-42(9,10)33(4,5)6/h11,13-18,21-23H,12,19-20,24H2,1-10H3,(H,34,36). The number of amides is 1. The number of carbonyl (C=O) groups excluding carboxylic acids is 1.